The minimum absolute atomic E-state index is 0.0713. The van der Waals surface area contributed by atoms with Crippen LogP contribution in [0.15, 0.2) is 65.1 Å². The van der Waals surface area contributed by atoms with Crippen LogP contribution >= 0.6 is 0 Å². The van der Waals surface area contributed by atoms with Crippen molar-refractivity contribution in [1.82, 2.24) is 5.32 Å². The summed E-state index contributed by atoms with van der Waals surface area (Å²) < 4.78 is 33.9. The number of nitrogens with one attached hydrogen (secondary N) is 1. The highest BCUT2D eigenvalue weighted by atomic mass is 32.2. The molecule has 0 spiro atoms. The lowest BCUT2D eigenvalue weighted by molar-refractivity contribution is -0.127. The van der Waals surface area contributed by atoms with Crippen molar-refractivity contribution >= 4 is 21.6 Å². The van der Waals surface area contributed by atoms with Gasteiger partial charge in [0.15, 0.2) is 6.10 Å². The zero-order valence-electron chi connectivity index (χ0n) is 17.0. The monoisotopic (exact) mass is 426 g/mol. The number of hydrogen-bond donors (Lipinski definition) is 1. The second-order valence-corrected chi connectivity index (χ2v) is 9.62. The topological polar surface area (TPSA) is 75.7 Å². The molecule has 1 N–H and O–H groups in total. The number of fused-ring (bicyclic) bond motifs is 1. The molecule has 0 aromatic heterocycles. The van der Waals surface area contributed by atoms with Crippen molar-refractivity contribution < 1.29 is 17.9 Å². The van der Waals surface area contributed by atoms with Crippen LogP contribution in [0.25, 0.3) is 0 Å². The number of sulfonamides is 1. The Kier molecular flexibility index (Phi) is 5.81. The molecule has 0 fully saturated rings. The molecule has 1 atom stereocenters. The van der Waals surface area contributed by atoms with Gasteiger partial charge in [-0.1, -0.05) is 35.9 Å². The first-order chi connectivity index (χ1) is 14.4. The van der Waals surface area contributed by atoms with Gasteiger partial charge in [-0.2, -0.15) is 0 Å². The number of hydrogen-bond acceptors (Lipinski definition) is 4. The van der Waals surface area contributed by atoms with E-state index < -0.39 is 16.1 Å². The molecule has 2 aromatic carbocycles. The van der Waals surface area contributed by atoms with Crippen LogP contribution in [0.2, 0.25) is 0 Å². The van der Waals surface area contributed by atoms with E-state index in [0.29, 0.717) is 18.0 Å². The lowest BCUT2D eigenvalue weighted by Crippen LogP contribution is -2.51. The van der Waals surface area contributed by atoms with Gasteiger partial charge in [0, 0.05) is 6.54 Å². The minimum Gasteiger partial charge on any atom is -0.476 e. The van der Waals surface area contributed by atoms with Gasteiger partial charge in [0.05, 0.1) is 17.1 Å². The highest BCUT2D eigenvalue weighted by Crippen LogP contribution is 2.37. The molecule has 30 heavy (non-hydrogen) atoms. The first-order valence-electron chi connectivity index (χ1n) is 10.3. The second-order valence-electron chi connectivity index (χ2n) is 7.75. The van der Waals surface area contributed by atoms with Gasteiger partial charge in [0.1, 0.15) is 5.75 Å². The summed E-state index contributed by atoms with van der Waals surface area (Å²) in [6.45, 7) is 2.31. The fraction of sp³-hybridized carbons (Fsp3) is 0.348. The SMILES string of the molecule is Cc1ccc2c(c1)OC(C(=O)NCC1=CCCCC1)CN2S(=O)(=O)c1ccccc1. The molecule has 2 aromatic rings. The highest BCUT2D eigenvalue weighted by molar-refractivity contribution is 7.92. The Hall–Kier alpha value is -2.80. The van der Waals surface area contributed by atoms with Gasteiger partial charge in [-0.3, -0.25) is 9.10 Å². The van der Waals surface area contributed by atoms with Gasteiger partial charge in [-0.05, 0) is 62.4 Å². The van der Waals surface area contributed by atoms with Gasteiger partial charge >= 0.3 is 0 Å². The van der Waals surface area contributed by atoms with Crippen molar-refractivity contribution in [2.24, 2.45) is 0 Å². The van der Waals surface area contributed by atoms with Gasteiger partial charge in [0.2, 0.25) is 0 Å². The average Bonchev–Trinajstić information content (AvgIpc) is 2.77. The van der Waals surface area contributed by atoms with Crippen molar-refractivity contribution in [3.63, 3.8) is 0 Å². The zero-order valence-corrected chi connectivity index (χ0v) is 17.8. The van der Waals surface area contributed by atoms with Crippen LogP contribution in [0.3, 0.4) is 0 Å². The molecule has 158 valence electrons. The van der Waals surface area contributed by atoms with E-state index in [0.717, 1.165) is 24.8 Å². The minimum atomic E-state index is -3.83. The summed E-state index contributed by atoms with van der Waals surface area (Å²) in [5, 5.41) is 2.93. The number of nitrogens with zero attached hydrogens (tertiary/aromatic N) is 1. The Morgan fingerprint density at radius 2 is 1.97 bits per heavy atom. The lowest BCUT2D eigenvalue weighted by atomic mass is 10.00. The van der Waals surface area contributed by atoms with Gasteiger partial charge < -0.3 is 10.1 Å². The molecule has 1 amide bonds. The molecule has 6 nitrogen and oxygen atoms in total. The van der Waals surface area contributed by atoms with Crippen LogP contribution in [0.1, 0.15) is 31.2 Å². The maximum absolute atomic E-state index is 13.3. The van der Waals surface area contributed by atoms with Crippen molar-refractivity contribution in [2.75, 3.05) is 17.4 Å². The molecular formula is C23H26N2O4S. The fourth-order valence-corrected chi connectivity index (χ4v) is 5.32. The van der Waals surface area contributed by atoms with Crippen molar-refractivity contribution in [3.8, 4) is 5.75 Å². The number of carbonyl (C=O) groups excluding carboxylic acids is 1. The van der Waals surface area contributed by atoms with Gasteiger partial charge in [-0.15, -0.1) is 0 Å². The summed E-state index contributed by atoms with van der Waals surface area (Å²) in [6.07, 6.45) is 5.62. The third kappa shape index (κ3) is 4.21. The number of anilines is 1. The third-order valence-electron chi connectivity index (χ3n) is 5.48. The molecule has 0 saturated carbocycles. The number of amides is 1. The normalized spacial score (nSPS) is 18.8. The predicted molar refractivity (Wildman–Crippen MR) is 116 cm³/mol. The first kappa shape index (κ1) is 20.5. The molecule has 1 aliphatic carbocycles. The van der Waals surface area contributed by atoms with Crippen molar-refractivity contribution in [3.05, 3.63) is 65.7 Å². The summed E-state index contributed by atoms with van der Waals surface area (Å²) in [4.78, 5) is 13.0. The number of aryl methyl sites for hydroxylation is 1. The largest absolute Gasteiger partial charge is 0.476 e. The zero-order chi connectivity index (χ0) is 21.1. The second kappa shape index (κ2) is 8.52. The van der Waals surface area contributed by atoms with Crippen LogP contribution in [-0.2, 0) is 14.8 Å². The van der Waals surface area contributed by atoms with E-state index >= 15 is 0 Å². The fourth-order valence-electron chi connectivity index (χ4n) is 3.82. The molecule has 0 bridgehead atoms. The van der Waals surface area contributed by atoms with E-state index in [2.05, 4.69) is 11.4 Å². The van der Waals surface area contributed by atoms with Gasteiger partial charge in [-0.25, -0.2) is 8.42 Å². The van der Waals surface area contributed by atoms with Crippen LogP contribution in [0, 0.1) is 6.92 Å². The molecule has 2 aliphatic rings. The number of allylic oxidation sites excluding steroid dienone is 1. The van der Waals surface area contributed by atoms with Gasteiger partial charge in [0.25, 0.3) is 15.9 Å². The Balaban J connectivity index is 1.60. The van der Waals surface area contributed by atoms with Crippen molar-refractivity contribution in [1.29, 1.82) is 0 Å². The van der Waals surface area contributed by atoms with E-state index in [1.807, 2.05) is 13.0 Å². The maximum Gasteiger partial charge on any atom is 0.264 e. The van der Waals surface area contributed by atoms with E-state index in [1.54, 1.807) is 42.5 Å². The lowest BCUT2D eigenvalue weighted by Gasteiger charge is -2.35. The number of ether oxygens (including phenoxy) is 1. The number of benzene rings is 2. The van der Waals surface area contributed by atoms with E-state index in [4.69, 9.17) is 4.74 Å². The Bertz CT molecular complexity index is 1060. The molecule has 1 unspecified atom stereocenters. The summed E-state index contributed by atoms with van der Waals surface area (Å²) in [7, 11) is -3.83. The standard InChI is InChI=1S/C23H26N2O4S/c1-17-12-13-20-21(14-17)29-22(23(26)24-15-18-8-4-2-5-9-18)16-25(20)30(27,28)19-10-6-3-7-11-19/h3,6-8,10-14,22H,2,4-5,9,15-16H2,1H3,(H,24,26). The molecule has 1 aliphatic heterocycles. The smallest absolute Gasteiger partial charge is 0.264 e. The van der Waals surface area contributed by atoms with E-state index in [1.165, 1.54) is 16.3 Å². The summed E-state index contributed by atoms with van der Waals surface area (Å²) in [5.74, 6) is 0.0969. The Morgan fingerprint density at radius 3 is 2.70 bits per heavy atom. The Labute approximate surface area is 177 Å². The van der Waals surface area contributed by atoms with Crippen LogP contribution < -0.4 is 14.4 Å². The molecule has 4 rings (SSSR count). The highest BCUT2D eigenvalue weighted by Gasteiger charge is 2.37. The van der Waals surface area contributed by atoms with E-state index in [-0.39, 0.29) is 17.3 Å². The van der Waals surface area contributed by atoms with E-state index in [9.17, 15) is 13.2 Å². The summed E-state index contributed by atoms with van der Waals surface area (Å²) in [6, 6.07) is 13.6. The molecule has 0 radical (unpaired) electrons. The predicted octanol–water partition coefficient (Wildman–Crippen LogP) is 3.57. The summed E-state index contributed by atoms with van der Waals surface area (Å²) >= 11 is 0. The Morgan fingerprint density at radius 1 is 1.17 bits per heavy atom. The third-order valence-corrected chi connectivity index (χ3v) is 7.28. The first-order valence-corrected chi connectivity index (χ1v) is 11.7. The van der Waals surface area contributed by atoms with Crippen LogP contribution in [-0.4, -0.2) is 33.5 Å². The molecule has 0 saturated heterocycles. The van der Waals surface area contributed by atoms with Crippen LogP contribution in [0.4, 0.5) is 5.69 Å². The number of carbonyl (C=O) groups is 1. The average molecular weight is 427 g/mol. The molecule has 7 heteroatoms. The van der Waals surface area contributed by atoms with Crippen molar-refractivity contribution in [2.45, 2.75) is 43.6 Å². The van der Waals surface area contributed by atoms with Crippen LogP contribution in [0.5, 0.6) is 5.75 Å². The molecular weight excluding hydrogens is 400 g/mol. The summed E-state index contributed by atoms with van der Waals surface area (Å²) in [5.41, 5.74) is 2.60. The number of rotatable bonds is 5. The maximum atomic E-state index is 13.3. The quantitative estimate of drug-likeness (QED) is 0.742. The molecule has 1 heterocycles.